The fraction of sp³-hybridized carbons (Fsp3) is 0.353. The number of thiophene rings is 1. The molecule has 1 aromatic heterocycles. The molecule has 10 heteroatoms. The fourth-order valence-corrected chi connectivity index (χ4v) is 5.93. The third kappa shape index (κ3) is 4.64. The molecule has 1 aromatic carbocycles. The van der Waals surface area contributed by atoms with Crippen molar-refractivity contribution in [2.24, 2.45) is 0 Å². The molecule has 0 unspecified atom stereocenters. The van der Waals surface area contributed by atoms with Crippen LogP contribution in [0.2, 0.25) is 10.0 Å². The Hall–Kier alpha value is -1.16. The van der Waals surface area contributed by atoms with Gasteiger partial charge in [0, 0.05) is 5.02 Å². The predicted molar refractivity (Wildman–Crippen MR) is 108 cm³/mol. The van der Waals surface area contributed by atoms with E-state index in [9.17, 15) is 13.2 Å². The minimum Gasteiger partial charge on any atom is -0.323 e. The Bertz CT molecular complexity index is 912. The number of carbonyl (C=O) groups excluding carboxylic acids is 1. The number of amides is 1. The van der Waals surface area contributed by atoms with Gasteiger partial charge < -0.3 is 10.2 Å². The van der Waals surface area contributed by atoms with Crippen molar-refractivity contribution in [3.63, 3.8) is 0 Å². The first kappa shape index (κ1) is 20.6. The van der Waals surface area contributed by atoms with Gasteiger partial charge in [0.2, 0.25) is 0 Å². The molecule has 1 saturated heterocycles. The van der Waals surface area contributed by atoms with Crippen LogP contribution in [0.25, 0.3) is 0 Å². The molecule has 1 aliphatic rings. The lowest BCUT2D eigenvalue weighted by atomic mass is 10.2. The highest BCUT2D eigenvalue weighted by Gasteiger charge is 2.34. The Kier molecular flexibility index (Phi) is 6.45. The van der Waals surface area contributed by atoms with Crippen molar-refractivity contribution in [3.05, 3.63) is 45.8 Å². The van der Waals surface area contributed by atoms with Crippen LogP contribution < -0.4 is 10.2 Å². The Morgan fingerprint density at radius 2 is 1.96 bits per heavy atom. The van der Waals surface area contributed by atoms with Gasteiger partial charge >= 0.3 is 0 Å². The number of piperazine rings is 1. The molecular formula is C17H20Cl2N3O3S2+. The third-order valence-electron chi connectivity index (χ3n) is 4.65. The van der Waals surface area contributed by atoms with Gasteiger partial charge in [-0.1, -0.05) is 29.3 Å². The van der Waals surface area contributed by atoms with Gasteiger partial charge in [-0.25, -0.2) is 8.42 Å². The van der Waals surface area contributed by atoms with Gasteiger partial charge in [0.05, 0.1) is 36.9 Å². The number of nitrogens with one attached hydrogen (secondary N) is 2. The average Bonchev–Trinajstić information content (AvgIpc) is 3.20. The number of halogens is 2. The highest BCUT2D eigenvalue weighted by Crippen LogP contribution is 2.25. The number of hydrogen-bond acceptors (Lipinski definition) is 4. The van der Waals surface area contributed by atoms with Gasteiger partial charge in [-0.2, -0.15) is 4.31 Å². The number of quaternary nitrogens is 1. The minimum absolute atomic E-state index is 0.177. The monoisotopic (exact) mass is 448 g/mol. The Morgan fingerprint density at radius 1 is 1.26 bits per heavy atom. The molecule has 146 valence electrons. The van der Waals surface area contributed by atoms with Crippen LogP contribution >= 0.6 is 34.5 Å². The van der Waals surface area contributed by atoms with E-state index in [1.165, 1.54) is 15.6 Å². The van der Waals surface area contributed by atoms with Crippen LogP contribution in [0.5, 0.6) is 0 Å². The van der Waals surface area contributed by atoms with Crippen LogP contribution in [0.3, 0.4) is 0 Å². The molecule has 27 heavy (non-hydrogen) atoms. The first-order valence-electron chi connectivity index (χ1n) is 8.43. The first-order chi connectivity index (χ1) is 12.8. The molecule has 1 fully saturated rings. The molecule has 0 spiro atoms. The van der Waals surface area contributed by atoms with Gasteiger partial charge in [-0.3, -0.25) is 4.79 Å². The van der Waals surface area contributed by atoms with E-state index < -0.39 is 10.0 Å². The second-order valence-electron chi connectivity index (χ2n) is 6.33. The van der Waals surface area contributed by atoms with Gasteiger partial charge in [-0.15, -0.1) is 11.3 Å². The number of anilines is 1. The third-order valence-corrected chi connectivity index (χ3v) is 8.48. The minimum atomic E-state index is -3.44. The summed E-state index contributed by atoms with van der Waals surface area (Å²) in [6, 6.07) is 7.89. The maximum atomic E-state index is 12.6. The van der Waals surface area contributed by atoms with E-state index in [4.69, 9.17) is 23.2 Å². The van der Waals surface area contributed by atoms with Crippen LogP contribution in [-0.2, 0) is 14.8 Å². The summed E-state index contributed by atoms with van der Waals surface area (Å²) in [6.45, 7) is 3.70. The van der Waals surface area contributed by atoms with E-state index in [-0.39, 0.29) is 11.9 Å². The second kappa shape index (κ2) is 8.46. The van der Waals surface area contributed by atoms with Crippen molar-refractivity contribution in [1.82, 2.24) is 4.31 Å². The van der Waals surface area contributed by atoms with Crippen molar-refractivity contribution in [2.75, 3.05) is 31.5 Å². The topological polar surface area (TPSA) is 70.9 Å². The maximum absolute atomic E-state index is 12.6. The van der Waals surface area contributed by atoms with Crippen LogP contribution in [-0.4, -0.2) is 50.9 Å². The molecule has 0 saturated carbocycles. The lowest BCUT2D eigenvalue weighted by Gasteiger charge is -2.33. The highest BCUT2D eigenvalue weighted by molar-refractivity contribution is 7.91. The predicted octanol–water partition coefficient (Wildman–Crippen LogP) is 1.97. The molecule has 6 nitrogen and oxygen atoms in total. The largest absolute Gasteiger partial charge is 0.323 e. The van der Waals surface area contributed by atoms with E-state index in [0.717, 1.165) is 4.90 Å². The van der Waals surface area contributed by atoms with Crippen molar-refractivity contribution in [3.8, 4) is 0 Å². The lowest BCUT2D eigenvalue weighted by Crippen LogP contribution is -3.19. The quantitative estimate of drug-likeness (QED) is 0.734. The molecule has 1 atom stereocenters. The summed E-state index contributed by atoms with van der Waals surface area (Å²) in [6.07, 6.45) is 0. The Morgan fingerprint density at radius 3 is 2.59 bits per heavy atom. The normalized spacial score (nSPS) is 17.6. The van der Waals surface area contributed by atoms with Gasteiger partial charge in [0.15, 0.2) is 6.04 Å². The van der Waals surface area contributed by atoms with Crippen LogP contribution in [0.1, 0.15) is 6.92 Å². The zero-order chi connectivity index (χ0) is 19.6. The average molecular weight is 449 g/mol. The summed E-state index contributed by atoms with van der Waals surface area (Å²) in [4.78, 5) is 13.6. The molecule has 1 aliphatic heterocycles. The molecule has 1 amide bonds. The van der Waals surface area contributed by atoms with Gasteiger partial charge in [-0.05, 0) is 36.6 Å². The Balaban J connectivity index is 1.60. The number of rotatable bonds is 5. The summed E-state index contributed by atoms with van der Waals surface area (Å²) in [7, 11) is -3.44. The molecule has 2 aromatic rings. The molecule has 2 heterocycles. The number of carbonyl (C=O) groups is 1. The Labute approximate surface area is 172 Å². The molecule has 3 rings (SSSR count). The SMILES string of the molecule is C[C@@H](C(=O)Nc1cc(Cl)ccc1Cl)[NH+]1CCN(S(=O)(=O)c2cccs2)CC1. The number of hydrogen-bond donors (Lipinski definition) is 2. The number of benzene rings is 1. The second-order valence-corrected chi connectivity index (χ2v) is 10.3. The van der Waals surface area contributed by atoms with E-state index in [2.05, 4.69) is 5.32 Å². The lowest BCUT2D eigenvalue weighted by molar-refractivity contribution is -0.917. The standard InChI is InChI=1S/C17H19Cl2N3O3S2/c1-12(17(23)20-15-11-13(18)4-5-14(15)19)21-6-8-22(9-7-21)27(24,25)16-3-2-10-26-16/h2-5,10-12H,6-9H2,1H3,(H,20,23)/p+1/t12-/m0/s1. The van der Waals surface area contributed by atoms with E-state index in [1.807, 2.05) is 6.92 Å². The summed E-state index contributed by atoms with van der Waals surface area (Å²) in [5, 5.41) is 5.46. The van der Waals surface area contributed by atoms with Gasteiger partial charge in [0.25, 0.3) is 15.9 Å². The highest BCUT2D eigenvalue weighted by atomic mass is 35.5. The van der Waals surface area contributed by atoms with Crippen molar-refractivity contribution >= 4 is 56.2 Å². The van der Waals surface area contributed by atoms with E-state index >= 15 is 0 Å². The fourth-order valence-electron chi connectivity index (χ4n) is 3.00. The summed E-state index contributed by atoms with van der Waals surface area (Å²) >= 11 is 13.3. The van der Waals surface area contributed by atoms with Crippen LogP contribution in [0.4, 0.5) is 5.69 Å². The summed E-state index contributed by atoms with van der Waals surface area (Å²) < 4.78 is 27.0. The molecule has 0 aliphatic carbocycles. The van der Waals surface area contributed by atoms with Crippen molar-refractivity contribution < 1.29 is 18.1 Å². The van der Waals surface area contributed by atoms with Crippen molar-refractivity contribution in [1.29, 1.82) is 0 Å². The molecule has 2 N–H and O–H groups in total. The van der Waals surface area contributed by atoms with Crippen LogP contribution in [0, 0.1) is 0 Å². The van der Waals surface area contributed by atoms with Crippen molar-refractivity contribution in [2.45, 2.75) is 17.2 Å². The zero-order valence-corrected chi connectivity index (χ0v) is 17.8. The zero-order valence-electron chi connectivity index (χ0n) is 14.6. The van der Waals surface area contributed by atoms with E-state index in [0.29, 0.717) is 46.1 Å². The molecule has 0 radical (unpaired) electrons. The summed E-state index contributed by atoms with van der Waals surface area (Å²) in [5.74, 6) is -0.177. The maximum Gasteiger partial charge on any atom is 0.282 e. The smallest absolute Gasteiger partial charge is 0.282 e. The van der Waals surface area contributed by atoms with Crippen LogP contribution in [0.15, 0.2) is 39.9 Å². The number of nitrogens with zero attached hydrogens (tertiary/aromatic N) is 1. The van der Waals surface area contributed by atoms with E-state index in [1.54, 1.807) is 35.7 Å². The van der Waals surface area contributed by atoms with Gasteiger partial charge in [0.1, 0.15) is 4.21 Å². The number of sulfonamides is 1. The summed E-state index contributed by atoms with van der Waals surface area (Å²) in [5.41, 5.74) is 0.472. The molecule has 0 bridgehead atoms. The molecular weight excluding hydrogens is 429 g/mol. The first-order valence-corrected chi connectivity index (χ1v) is 11.5.